The molecule has 2 aliphatic rings. The smallest absolute Gasteiger partial charge is 0.247 e. The molecule has 0 amide bonds. The van der Waals surface area contributed by atoms with E-state index in [-0.39, 0.29) is 0 Å². The molecule has 0 atom stereocenters. The van der Waals surface area contributed by atoms with Crippen LogP contribution in [0.5, 0.6) is 0 Å². The molecule has 6 nitrogen and oxygen atoms in total. The maximum absolute atomic E-state index is 4.69. The summed E-state index contributed by atoms with van der Waals surface area (Å²) in [6.07, 6.45) is 4.27. The van der Waals surface area contributed by atoms with Crippen molar-refractivity contribution in [1.29, 1.82) is 0 Å². The Morgan fingerprint density at radius 3 is 2.42 bits per heavy atom. The molecule has 0 aliphatic carbocycles. The molecule has 3 heterocycles. The molecular formula is C13H22N6. The third-order valence-corrected chi connectivity index (χ3v) is 4.07. The van der Waals surface area contributed by atoms with Gasteiger partial charge in [0.05, 0.1) is 6.20 Å². The van der Waals surface area contributed by atoms with Crippen molar-refractivity contribution in [3.8, 4) is 0 Å². The molecule has 104 valence electrons. The minimum atomic E-state index is 0.799. The number of hydrogen-bond acceptors (Lipinski definition) is 6. The topological polar surface area (TPSA) is 48.4 Å². The van der Waals surface area contributed by atoms with Gasteiger partial charge in [-0.2, -0.15) is 10.1 Å². The zero-order valence-corrected chi connectivity index (χ0v) is 11.6. The highest BCUT2D eigenvalue weighted by Crippen LogP contribution is 2.18. The first kappa shape index (κ1) is 12.6. The molecule has 19 heavy (non-hydrogen) atoms. The van der Waals surface area contributed by atoms with Crippen molar-refractivity contribution in [2.24, 2.45) is 0 Å². The van der Waals surface area contributed by atoms with Crippen molar-refractivity contribution in [1.82, 2.24) is 20.1 Å². The van der Waals surface area contributed by atoms with Gasteiger partial charge < -0.3 is 14.7 Å². The molecule has 1 aromatic rings. The lowest BCUT2D eigenvalue weighted by molar-refractivity contribution is 0.270. The second kappa shape index (κ2) is 5.69. The lowest BCUT2D eigenvalue weighted by Gasteiger charge is -2.34. The van der Waals surface area contributed by atoms with Gasteiger partial charge in [-0.25, -0.2) is 0 Å². The molecule has 0 spiro atoms. The monoisotopic (exact) mass is 262 g/mol. The first-order chi connectivity index (χ1) is 9.36. The number of nitrogens with zero attached hydrogens (tertiary/aromatic N) is 6. The van der Waals surface area contributed by atoms with Crippen LogP contribution in [0.4, 0.5) is 11.8 Å². The predicted octanol–water partition coefficient (Wildman–Crippen LogP) is 0.614. The van der Waals surface area contributed by atoms with Gasteiger partial charge in [0.25, 0.3) is 0 Å². The lowest BCUT2D eigenvalue weighted by atomic mass is 10.3. The summed E-state index contributed by atoms with van der Waals surface area (Å²) in [4.78, 5) is 11.7. The van der Waals surface area contributed by atoms with E-state index >= 15 is 0 Å². The molecule has 6 heteroatoms. The summed E-state index contributed by atoms with van der Waals surface area (Å²) in [6.45, 7) is 9.77. The van der Waals surface area contributed by atoms with Gasteiger partial charge in [0.2, 0.25) is 5.95 Å². The number of likely N-dealkylation sites (N-methyl/N-ethyl adjacent to an activating group) is 1. The summed E-state index contributed by atoms with van der Waals surface area (Å²) in [7, 11) is 0. The normalized spacial score (nSPS) is 21.1. The van der Waals surface area contributed by atoms with Crippen LogP contribution in [0, 0.1) is 0 Å². The first-order valence-corrected chi connectivity index (χ1v) is 7.29. The zero-order chi connectivity index (χ0) is 13.1. The zero-order valence-electron chi connectivity index (χ0n) is 11.6. The molecule has 0 saturated carbocycles. The van der Waals surface area contributed by atoms with Crippen molar-refractivity contribution >= 4 is 11.8 Å². The molecule has 2 fully saturated rings. The quantitative estimate of drug-likeness (QED) is 0.795. The molecule has 0 radical (unpaired) electrons. The average molecular weight is 262 g/mol. The maximum Gasteiger partial charge on any atom is 0.247 e. The van der Waals surface area contributed by atoms with Crippen LogP contribution in [0.1, 0.15) is 19.8 Å². The van der Waals surface area contributed by atoms with Crippen molar-refractivity contribution in [2.45, 2.75) is 19.8 Å². The van der Waals surface area contributed by atoms with E-state index in [9.17, 15) is 0 Å². The molecule has 0 bridgehead atoms. The Bertz CT molecular complexity index is 409. The Morgan fingerprint density at radius 1 is 1.00 bits per heavy atom. The van der Waals surface area contributed by atoms with Crippen LogP contribution in [-0.4, -0.2) is 65.9 Å². The Labute approximate surface area is 114 Å². The summed E-state index contributed by atoms with van der Waals surface area (Å²) >= 11 is 0. The van der Waals surface area contributed by atoms with Crippen molar-refractivity contribution in [3.05, 3.63) is 6.20 Å². The number of hydrogen-bond donors (Lipinski definition) is 0. The van der Waals surface area contributed by atoms with Crippen LogP contribution in [0.2, 0.25) is 0 Å². The van der Waals surface area contributed by atoms with E-state index < -0.39 is 0 Å². The van der Waals surface area contributed by atoms with Crippen molar-refractivity contribution < 1.29 is 0 Å². The summed E-state index contributed by atoms with van der Waals surface area (Å²) in [6, 6.07) is 0. The molecule has 0 N–H and O–H groups in total. The summed E-state index contributed by atoms with van der Waals surface area (Å²) < 4.78 is 0. The van der Waals surface area contributed by atoms with Gasteiger partial charge in [0.1, 0.15) is 0 Å². The van der Waals surface area contributed by atoms with E-state index in [2.05, 4.69) is 36.8 Å². The SMILES string of the molecule is CCN1CCN(c2cnnc(N3CCCC3)n2)CC1. The van der Waals surface area contributed by atoms with Gasteiger partial charge in [-0.1, -0.05) is 6.92 Å². The second-order valence-electron chi connectivity index (χ2n) is 5.23. The van der Waals surface area contributed by atoms with Crippen LogP contribution in [0.15, 0.2) is 6.20 Å². The average Bonchev–Trinajstić information content (AvgIpc) is 3.02. The van der Waals surface area contributed by atoms with Crippen molar-refractivity contribution in [2.75, 3.05) is 55.6 Å². The molecule has 2 saturated heterocycles. The highest BCUT2D eigenvalue weighted by Gasteiger charge is 2.20. The summed E-state index contributed by atoms with van der Waals surface area (Å²) in [5.74, 6) is 1.78. The first-order valence-electron chi connectivity index (χ1n) is 7.29. The van der Waals surface area contributed by atoms with Gasteiger partial charge in [-0.05, 0) is 19.4 Å². The van der Waals surface area contributed by atoms with Gasteiger partial charge in [-0.3, -0.25) is 0 Å². The van der Waals surface area contributed by atoms with Crippen molar-refractivity contribution in [3.63, 3.8) is 0 Å². The lowest BCUT2D eigenvalue weighted by Crippen LogP contribution is -2.46. The van der Waals surface area contributed by atoms with Crippen LogP contribution in [-0.2, 0) is 0 Å². The minimum absolute atomic E-state index is 0.799. The fourth-order valence-electron chi connectivity index (χ4n) is 2.78. The number of piperazine rings is 1. The van der Waals surface area contributed by atoms with E-state index in [1.807, 2.05) is 0 Å². The van der Waals surface area contributed by atoms with Gasteiger partial charge in [0.15, 0.2) is 5.82 Å². The number of anilines is 2. The van der Waals surface area contributed by atoms with E-state index in [1.165, 1.54) is 12.8 Å². The number of rotatable bonds is 3. The van der Waals surface area contributed by atoms with Crippen LogP contribution in [0.3, 0.4) is 0 Å². The molecular weight excluding hydrogens is 240 g/mol. The Morgan fingerprint density at radius 2 is 1.74 bits per heavy atom. The summed E-state index contributed by atoms with van der Waals surface area (Å²) in [5.41, 5.74) is 0. The Kier molecular flexibility index (Phi) is 3.77. The predicted molar refractivity (Wildman–Crippen MR) is 75.6 cm³/mol. The van der Waals surface area contributed by atoms with Crippen LogP contribution >= 0.6 is 0 Å². The second-order valence-corrected chi connectivity index (χ2v) is 5.23. The van der Waals surface area contributed by atoms with Crippen LogP contribution < -0.4 is 9.80 Å². The van der Waals surface area contributed by atoms with Gasteiger partial charge >= 0.3 is 0 Å². The molecule has 0 aromatic carbocycles. The molecule has 1 aromatic heterocycles. The molecule has 3 rings (SSSR count). The fraction of sp³-hybridized carbons (Fsp3) is 0.769. The standard InChI is InChI=1S/C13H22N6/c1-2-17-7-9-18(10-8-17)12-11-14-16-13(15-12)19-5-3-4-6-19/h11H,2-10H2,1H3. The van der Waals surface area contributed by atoms with E-state index in [0.717, 1.165) is 57.6 Å². The molecule has 0 unspecified atom stereocenters. The summed E-state index contributed by atoms with van der Waals surface area (Å²) in [5, 5.41) is 8.31. The fourth-order valence-corrected chi connectivity index (χ4v) is 2.78. The van der Waals surface area contributed by atoms with Gasteiger partial charge in [0, 0.05) is 39.3 Å². The van der Waals surface area contributed by atoms with E-state index in [0.29, 0.717) is 0 Å². The Balaban J connectivity index is 1.69. The highest BCUT2D eigenvalue weighted by atomic mass is 15.4. The third-order valence-electron chi connectivity index (χ3n) is 4.07. The highest BCUT2D eigenvalue weighted by molar-refractivity contribution is 5.42. The largest absolute Gasteiger partial charge is 0.353 e. The van der Waals surface area contributed by atoms with E-state index in [1.54, 1.807) is 6.20 Å². The molecule has 2 aliphatic heterocycles. The van der Waals surface area contributed by atoms with Gasteiger partial charge in [-0.15, -0.1) is 5.10 Å². The van der Waals surface area contributed by atoms with E-state index in [4.69, 9.17) is 0 Å². The number of aromatic nitrogens is 3. The minimum Gasteiger partial charge on any atom is -0.353 e. The maximum atomic E-state index is 4.69. The van der Waals surface area contributed by atoms with Crippen LogP contribution in [0.25, 0.3) is 0 Å². The Hall–Kier alpha value is -1.43. The third kappa shape index (κ3) is 2.78.